The molecule has 1 unspecified atom stereocenters. The monoisotopic (exact) mass is 257 g/mol. The van der Waals surface area contributed by atoms with Crippen LogP contribution in [-0.4, -0.2) is 28.6 Å². The molecule has 1 aliphatic rings. The maximum absolute atomic E-state index is 11.8. The first-order chi connectivity index (χ1) is 7.66. The van der Waals surface area contributed by atoms with E-state index >= 15 is 0 Å². The summed E-state index contributed by atoms with van der Waals surface area (Å²) in [5, 5.41) is 12.9. The van der Waals surface area contributed by atoms with Crippen LogP contribution in [-0.2, 0) is 0 Å². The van der Waals surface area contributed by atoms with Crippen molar-refractivity contribution in [1.29, 1.82) is 0 Å². The second kappa shape index (κ2) is 4.97. The van der Waals surface area contributed by atoms with Gasteiger partial charge in [0.05, 0.1) is 5.56 Å². The molecule has 1 aromatic rings. The minimum absolute atomic E-state index is 0.0347. The van der Waals surface area contributed by atoms with Gasteiger partial charge < -0.3 is 10.4 Å². The molecule has 5 heteroatoms. The third-order valence-corrected chi connectivity index (χ3v) is 3.87. The van der Waals surface area contributed by atoms with Gasteiger partial charge in [0.2, 0.25) is 0 Å². The summed E-state index contributed by atoms with van der Waals surface area (Å²) < 4.78 is 0. The van der Waals surface area contributed by atoms with Crippen LogP contribution >= 0.6 is 23.4 Å². The van der Waals surface area contributed by atoms with Crippen LogP contribution < -0.4 is 5.32 Å². The molecule has 1 saturated heterocycles. The Balaban J connectivity index is 2.10. The van der Waals surface area contributed by atoms with Gasteiger partial charge in [0.25, 0.3) is 5.91 Å². The summed E-state index contributed by atoms with van der Waals surface area (Å²) in [6.45, 7) is 0. The smallest absolute Gasteiger partial charge is 0.255 e. The number of hydrogen-bond acceptors (Lipinski definition) is 3. The van der Waals surface area contributed by atoms with Crippen LogP contribution in [0.1, 0.15) is 16.8 Å². The number of halogens is 1. The molecule has 0 radical (unpaired) electrons. The van der Waals surface area contributed by atoms with Gasteiger partial charge in [-0.25, -0.2) is 0 Å². The molecule has 1 amide bonds. The minimum atomic E-state index is -0.257. The van der Waals surface area contributed by atoms with Crippen molar-refractivity contribution in [2.24, 2.45) is 0 Å². The topological polar surface area (TPSA) is 49.3 Å². The highest BCUT2D eigenvalue weighted by Crippen LogP contribution is 2.23. The van der Waals surface area contributed by atoms with Crippen LogP contribution in [0.25, 0.3) is 0 Å². The van der Waals surface area contributed by atoms with Gasteiger partial charge >= 0.3 is 0 Å². The second-order valence-electron chi connectivity index (χ2n) is 3.70. The third-order valence-electron chi connectivity index (χ3n) is 2.47. The summed E-state index contributed by atoms with van der Waals surface area (Å²) in [5.41, 5.74) is 0.240. The van der Waals surface area contributed by atoms with Crippen molar-refractivity contribution in [2.45, 2.75) is 12.5 Å². The number of nitrogens with one attached hydrogen (secondary N) is 1. The molecule has 2 rings (SSSR count). The fourth-order valence-electron chi connectivity index (χ4n) is 1.60. The van der Waals surface area contributed by atoms with Crippen LogP contribution in [0.5, 0.6) is 5.75 Å². The summed E-state index contributed by atoms with van der Waals surface area (Å²) in [6.07, 6.45) is 0.984. The number of thioether (sulfide) groups is 1. The molecule has 0 saturated carbocycles. The van der Waals surface area contributed by atoms with Crippen LogP contribution in [0.15, 0.2) is 18.2 Å². The Morgan fingerprint density at radius 2 is 2.38 bits per heavy atom. The van der Waals surface area contributed by atoms with E-state index in [2.05, 4.69) is 5.32 Å². The second-order valence-corrected chi connectivity index (χ2v) is 5.28. The molecule has 86 valence electrons. The van der Waals surface area contributed by atoms with Crippen LogP contribution in [0.3, 0.4) is 0 Å². The quantitative estimate of drug-likeness (QED) is 0.855. The van der Waals surface area contributed by atoms with E-state index in [9.17, 15) is 9.90 Å². The highest BCUT2D eigenvalue weighted by Gasteiger charge is 2.20. The minimum Gasteiger partial charge on any atom is -0.507 e. The number of rotatable bonds is 2. The fraction of sp³-hybridized carbons (Fsp3) is 0.364. The molecule has 0 spiro atoms. The van der Waals surface area contributed by atoms with Gasteiger partial charge in [-0.1, -0.05) is 11.6 Å². The molecule has 0 aromatic heterocycles. The van der Waals surface area contributed by atoms with E-state index in [1.807, 2.05) is 11.8 Å². The molecule has 16 heavy (non-hydrogen) atoms. The Bertz CT molecular complexity index is 405. The molecular weight excluding hydrogens is 246 g/mol. The zero-order chi connectivity index (χ0) is 11.5. The van der Waals surface area contributed by atoms with Crippen molar-refractivity contribution in [3.63, 3.8) is 0 Å². The van der Waals surface area contributed by atoms with E-state index < -0.39 is 0 Å². The molecule has 1 atom stereocenters. The largest absolute Gasteiger partial charge is 0.507 e. The highest BCUT2D eigenvalue weighted by molar-refractivity contribution is 7.99. The van der Waals surface area contributed by atoms with E-state index in [0.29, 0.717) is 5.02 Å². The Hall–Kier alpha value is -0.870. The predicted molar refractivity (Wildman–Crippen MR) is 66.3 cm³/mol. The molecule has 1 heterocycles. The lowest BCUT2D eigenvalue weighted by atomic mass is 10.1. The Labute approximate surface area is 103 Å². The molecule has 1 fully saturated rings. The summed E-state index contributed by atoms with van der Waals surface area (Å²) in [4.78, 5) is 11.8. The normalized spacial score (nSPS) is 19.7. The number of carbonyl (C=O) groups is 1. The van der Waals surface area contributed by atoms with E-state index in [-0.39, 0.29) is 23.3 Å². The maximum atomic E-state index is 11.8. The molecule has 0 aliphatic carbocycles. The Kier molecular flexibility index (Phi) is 3.61. The SMILES string of the molecule is O=C(NC1CCSC1)c1cc(Cl)ccc1O. The van der Waals surface area contributed by atoms with Gasteiger partial charge in [-0.05, 0) is 30.4 Å². The number of amides is 1. The molecule has 1 aliphatic heterocycles. The number of aromatic hydroxyl groups is 1. The van der Waals surface area contributed by atoms with Crippen LogP contribution in [0.2, 0.25) is 5.02 Å². The number of phenols is 1. The number of phenolic OH excluding ortho intramolecular Hbond substituents is 1. The van der Waals surface area contributed by atoms with Crippen molar-refractivity contribution >= 4 is 29.3 Å². The number of benzene rings is 1. The van der Waals surface area contributed by atoms with Crippen molar-refractivity contribution in [1.82, 2.24) is 5.32 Å². The maximum Gasteiger partial charge on any atom is 0.255 e. The Morgan fingerprint density at radius 3 is 3.06 bits per heavy atom. The van der Waals surface area contributed by atoms with Gasteiger partial charge in [-0.15, -0.1) is 0 Å². The van der Waals surface area contributed by atoms with Gasteiger partial charge in [-0.2, -0.15) is 11.8 Å². The van der Waals surface area contributed by atoms with Crippen LogP contribution in [0.4, 0.5) is 0 Å². The molecule has 1 aromatic carbocycles. The summed E-state index contributed by atoms with van der Waals surface area (Å²) in [5.74, 6) is 1.72. The summed E-state index contributed by atoms with van der Waals surface area (Å²) in [7, 11) is 0. The first-order valence-electron chi connectivity index (χ1n) is 5.04. The van der Waals surface area contributed by atoms with E-state index in [1.54, 1.807) is 6.07 Å². The summed E-state index contributed by atoms with van der Waals surface area (Å²) in [6, 6.07) is 4.67. The van der Waals surface area contributed by atoms with Crippen molar-refractivity contribution in [3.8, 4) is 5.75 Å². The first kappa shape index (κ1) is 11.6. The van der Waals surface area contributed by atoms with Crippen molar-refractivity contribution < 1.29 is 9.90 Å². The lowest BCUT2D eigenvalue weighted by Crippen LogP contribution is -2.34. The summed E-state index contributed by atoms with van der Waals surface area (Å²) >= 11 is 7.61. The molecule has 0 bridgehead atoms. The van der Waals surface area contributed by atoms with Crippen molar-refractivity contribution in [3.05, 3.63) is 28.8 Å². The van der Waals surface area contributed by atoms with E-state index in [4.69, 9.17) is 11.6 Å². The third kappa shape index (κ3) is 2.62. The number of hydrogen-bond donors (Lipinski definition) is 2. The first-order valence-corrected chi connectivity index (χ1v) is 6.57. The van der Waals surface area contributed by atoms with Gasteiger partial charge in [0.1, 0.15) is 5.75 Å². The Morgan fingerprint density at radius 1 is 1.56 bits per heavy atom. The lowest BCUT2D eigenvalue weighted by molar-refractivity contribution is 0.0938. The van der Waals surface area contributed by atoms with Gasteiger partial charge in [-0.3, -0.25) is 4.79 Å². The van der Waals surface area contributed by atoms with E-state index in [1.165, 1.54) is 12.1 Å². The van der Waals surface area contributed by atoms with Gasteiger partial charge in [0, 0.05) is 16.8 Å². The molecule has 3 nitrogen and oxygen atoms in total. The zero-order valence-electron chi connectivity index (χ0n) is 8.57. The average molecular weight is 258 g/mol. The lowest BCUT2D eigenvalue weighted by Gasteiger charge is -2.12. The predicted octanol–water partition coefficient (Wildman–Crippen LogP) is 2.28. The fourth-order valence-corrected chi connectivity index (χ4v) is 2.93. The highest BCUT2D eigenvalue weighted by atomic mass is 35.5. The number of carbonyl (C=O) groups excluding carboxylic acids is 1. The standard InChI is InChI=1S/C11H12ClNO2S/c12-7-1-2-10(14)9(5-7)11(15)13-8-3-4-16-6-8/h1-2,5,8,14H,3-4,6H2,(H,13,15). The van der Waals surface area contributed by atoms with Crippen LogP contribution in [0, 0.1) is 0 Å². The average Bonchev–Trinajstić information content (AvgIpc) is 2.74. The van der Waals surface area contributed by atoms with Crippen molar-refractivity contribution in [2.75, 3.05) is 11.5 Å². The van der Waals surface area contributed by atoms with Gasteiger partial charge in [0.15, 0.2) is 0 Å². The molecular formula is C11H12ClNO2S. The zero-order valence-corrected chi connectivity index (χ0v) is 10.1. The van der Waals surface area contributed by atoms with E-state index in [0.717, 1.165) is 17.9 Å². The molecule has 2 N–H and O–H groups in total.